The Kier molecular flexibility index (Phi) is 9.82. The number of nitrogens with zero attached hydrogens (tertiary/aromatic N) is 3. The molecule has 37 heavy (non-hydrogen) atoms. The largest absolute Gasteiger partial charge is 0.490 e. The molecule has 0 fully saturated rings. The third-order valence-corrected chi connectivity index (χ3v) is 5.18. The van der Waals surface area contributed by atoms with E-state index in [0.717, 1.165) is 12.1 Å². The van der Waals surface area contributed by atoms with Crippen LogP contribution in [0.15, 0.2) is 45.8 Å². The molecule has 3 aromatic rings. The van der Waals surface area contributed by atoms with E-state index in [4.69, 9.17) is 9.84 Å². The quantitative estimate of drug-likeness (QED) is 0.336. The predicted molar refractivity (Wildman–Crippen MR) is 120 cm³/mol. The van der Waals surface area contributed by atoms with E-state index in [9.17, 15) is 36.3 Å². The molecule has 15 heteroatoms. The van der Waals surface area contributed by atoms with Gasteiger partial charge in [0.2, 0.25) is 5.82 Å². The third-order valence-electron chi connectivity index (χ3n) is 4.45. The molecule has 3 rings (SSSR count). The van der Waals surface area contributed by atoms with Gasteiger partial charge in [-0.1, -0.05) is 0 Å². The van der Waals surface area contributed by atoms with Gasteiger partial charge in [0.15, 0.2) is 0 Å². The fourth-order valence-electron chi connectivity index (χ4n) is 2.68. The highest BCUT2D eigenvalue weighted by molar-refractivity contribution is 9.10. The number of aryl methyl sites for hydroxylation is 1. The van der Waals surface area contributed by atoms with Gasteiger partial charge < -0.3 is 19.1 Å². The molecule has 198 valence electrons. The molecule has 0 aliphatic heterocycles. The van der Waals surface area contributed by atoms with Crippen LogP contribution in [0.2, 0.25) is 0 Å². The SMILES string of the molecule is COC(=O)C(F)(F)F.Cc1cc(OCc2ccc(F)cc2F)c(Br)c(=O)n1Cc1ccnc(C(=O)O)n1. The molecule has 0 saturated heterocycles. The fourth-order valence-corrected chi connectivity index (χ4v) is 3.12. The molecular formula is C22H17BrF5N3O6. The van der Waals surface area contributed by atoms with Crippen molar-refractivity contribution in [1.82, 2.24) is 14.5 Å². The number of hydrogen-bond donors (Lipinski definition) is 1. The number of pyridine rings is 1. The summed E-state index contributed by atoms with van der Waals surface area (Å²) in [6.07, 6.45) is -3.55. The lowest BCUT2D eigenvalue weighted by atomic mass is 10.2. The third kappa shape index (κ3) is 8.06. The number of carbonyl (C=O) groups is 2. The number of carbonyl (C=O) groups excluding carboxylic acids is 1. The second-order valence-corrected chi connectivity index (χ2v) is 7.84. The number of aromatic nitrogens is 3. The molecule has 0 atom stereocenters. The molecule has 0 aliphatic rings. The van der Waals surface area contributed by atoms with Crippen LogP contribution in [0.4, 0.5) is 22.0 Å². The number of esters is 1. The predicted octanol–water partition coefficient (Wildman–Crippen LogP) is 4.03. The zero-order chi connectivity index (χ0) is 27.9. The van der Waals surface area contributed by atoms with Crippen LogP contribution in [0.1, 0.15) is 27.6 Å². The van der Waals surface area contributed by atoms with Crippen LogP contribution >= 0.6 is 15.9 Å². The molecule has 2 heterocycles. The molecule has 1 aromatic carbocycles. The minimum atomic E-state index is -4.85. The van der Waals surface area contributed by atoms with Gasteiger partial charge in [-0.2, -0.15) is 13.2 Å². The normalized spacial score (nSPS) is 10.8. The monoisotopic (exact) mass is 593 g/mol. The number of methoxy groups -OCH3 is 1. The highest BCUT2D eigenvalue weighted by Crippen LogP contribution is 2.24. The second-order valence-electron chi connectivity index (χ2n) is 7.05. The van der Waals surface area contributed by atoms with Crippen molar-refractivity contribution in [2.75, 3.05) is 7.11 Å². The number of hydrogen-bond acceptors (Lipinski definition) is 7. The van der Waals surface area contributed by atoms with Crippen molar-refractivity contribution in [1.29, 1.82) is 0 Å². The Morgan fingerprint density at radius 3 is 2.38 bits per heavy atom. The van der Waals surface area contributed by atoms with Crippen molar-refractivity contribution in [2.24, 2.45) is 0 Å². The van der Waals surface area contributed by atoms with Crippen LogP contribution < -0.4 is 10.3 Å². The van der Waals surface area contributed by atoms with Crippen LogP contribution in [-0.2, 0) is 22.7 Å². The van der Waals surface area contributed by atoms with Crippen molar-refractivity contribution < 1.29 is 46.1 Å². The van der Waals surface area contributed by atoms with Crippen molar-refractivity contribution >= 4 is 27.9 Å². The van der Waals surface area contributed by atoms with Crippen LogP contribution in [0.25, 0.3) is 0 Å². The maximum Gasteiger partial charge on any atom is 0.490 e. The lowest BCUT2D eigenvalue weighted by Gasteiger charge is -2.14. The summed E-state index contributed by atoms with van der Waals surface area (Å²) < 4.78 is 70.1. The molecule has 2 aromatic heterocycles. The summed E-state index contributed by atoms with van der Waals surface area (Å²) in [6, 6.07) is 6.22. The zero-order valence-corrected chi connectivity index (χ0v) is 20.6. The van der Waals surface area contributed by atoms with E-state index in [0.29, 0.717) is 18.5 Å². The first-order valence-corrected chi connectivity index (χ1v) is 10.7. The first kappa shape index (κ1) is 29.4. The Hall–Kier alpha value is -3.88. The number of ether oxygens (including phenoxy) is 2. The number of halogens is 6. The van der Waals surface area contributed by atoms with E-state index >= 15 is 0 Å². The zero-order valence-electron chi connectivity index (χ0n) is 19.0. The van der Waals surface area contributed by atoms with Crippen LogP contribution in [0.5, 0.6) is 5.75 Å². The summed E-state index contributed by atoms with van der Waals surface area (Å²) in [5, 5.41) is 8.99. The Morgan fingerprint density at radius 2 is 1.84 bits per heavy atom. The van der Waals surface area contributed by atoms with Crippen LogP contribution in [0, 0.1) is 18.6 Å². The van der Waals surface area contributed by atoms with Gasteiger partial charge >= 0.3 is 18.1 Å². The molecule has 0 bridgehead atoms. The standard InChI is InChI=1S/C19H14BrF2N3O4.C3H3F3O2/c1-10-6-15(29-9-11-2-3-12(21)7-14(11)22)16(20)18(26)25(10)8-13-4-5-23-17(24-13)19(27)28;1-8-2(7)3(4,5)6/h2-7H,8-9H2,1H3,(H,27,28);1H3. The first-order valence-electron chi connectivity index (χ1n) is 9.91. The summed E-state index contributed by atoms with van der Waals surface area (Å²) >= 11 is 3.18. The molecule has 9 nitrogen and oxygen atoms in total. The van der Waals surface area contributed by atoms with E-state index in [1.807, 2.05) is 0 Å². The van der Waals surface area contributed by atoms with E-state index in [-0.39, 0.29) is 34.8 Å². The van der Waals surface area contributed by atoms with E-state index in [1.165, 1.54) is 22.9 Å². The number of carboxylic acids is 1. The molecule has 0 aliphatic carbocycles. The summed E-state index contributed by atoms with van der Waals surface area (Å²) in [5.41, 5.74) is 0.567. The van der Waals surface area contributed by atoms with Crippen molar-refractivity contribution in [3.05, 3.63) is 85.8 Å². The average molecular weight is 594 g/mol. The average Bonchev–Trinajstić information content (AvgIpc) is 2.83. The number of carboxylic acid groups (broad SMARTS) is 1. The topological polar surface area (TPSA) is 121 Å². The van der Waals surface area contributed by atoms with E-state index in [2.05, 4.69) is 30.6 Å². The highest BCUT2D eigenvalue weighted by atomic mass is 79.9. The van der Waals surface area contributed by atoms with Crippen molar-refractivity contribution in [2.45, 2.75) is 26.3 Å². The summed E-state index contributed by atoms with van der Waals surface area (Å²) in [6.45, 7) is 1.50. The van der Waals surface area contributed by atoms with Crippen molar-refractivity contribution in [3.63, 3.8) is 0 Å². The Bertz CT molecular complexity index is 1360. The second kappa shape index (κ2) is 12.4. The number of benzene rings is 1. The Labute approximate surface area is 213 Å². The van der Waals surface area contributed by atoms with Gasteiger partial charge in [-0.15, -0.1) is 0 Å². The van der Waals surface area contributed by atoms with E-state index < -0.39 is 35.3 Å². The maximum atomic E-state index is 13.8. The molecule has 0 amide bonds. The molecule has 0 radical (unpaired) electrons. The van der Waals surface area contributed by atoms with Gasteiger partial charge in [0.25, 0.3) is 5.56 Å². The lowest BCUT2D eigenvalue weighted by Crippen LogP contribution is -2.25. The van der Waals surface area contributed by atoms with Gasteiger partial charge in [0.05, 0.1) is 19.3 Å². The Balaban J connectivity index is 0.000000521. The van der Waals surface area contributed by atoms with Crippen LogP contribution in [-0.4, -0.2) is 44.9 Å². The minimum absolute atomic E-state index is 0.0267. The first-order chi connectivity index (χ1) is 17.2. The van der Waals surface area contributed by atoms with Gasteiger partial charge in [-0.05, 0) is 41.1 Å². The summed E-state index contributed by atoms with van der Waals surface area (Å²) in [5.74, 6) is -5.05. The van der Waals surface area contributed by atoms with Gasteiger partial charge in [0.1, 0.15) is 28.5 Å². The smallest absolute Gasteiger partial charge is 0.487 e. The minimum Gasteiger partial charge on any atom is -0.487 e. The molecule has 0 unspecified atom stereocenters. The maximum absolute atomic E-state index is 13.8. The molecule has 1 N–H and O–H groups in total. The summed E-state index contributed by atoms with van der Waals surface area (Å²) in [4.78, 5) is 40.7. The molecular weight excluding hydrogens is 577 g/mol. The van der Waals surface area contributed by atoms with Gasteiger partial charge in [-0.3, -0.25) is 4.79 Å². The summed E-state index contributed by atoms with van der Waals surface area (Å²) in [7, 11) is 0.676. The molecule has 0 spiro atoms. The van der Waals surface area contributed by atoms with Crippen molar-refractivity contribution in [3.8, 4) is 5.75 Å². The van der Waals surface area contributed by atoms with Gasteiger partial charge in [0, 0.05) is 29.6 Å². The van der Waals surface area contributed by atoms with Crippen LogP contribution in [0.3, 0.4) is 0 Å². The fraction of sp³-hybridized carbons (Fsp3) is 0.227. The highest BCUT2D eigenvalue weighted by Gasteiger charge is 2.40. The number of aromatic carboxylic acids is 1. The van der Waals surface area contributed by atoms with Gasteiger partial charge in [-0.25, -0.2) is 28.3 Å². The number of alkyl halides is 3. The van der Waals surface area contributed by atoms with E-state index in [1.54, 1.807) is 13.0 Å². The molecule has 0 saturated carbocycles. The number of rotatable bonds is 6. The Morgan fingerprint density at radius 1 is 1.16 bits per heavy atom. The lowest BCUT2D eigenvalue weighted by molar-refractivity contribution is -0.196.